The highest BCUT2D eigenvalue weighted by Gasteiger charge is 2.22. The molecule has 2 aromatic carbocycles. The summed E-state index contributed by atoms with van der Waals surface area (Å²) in [6.45, 7) is 4.93. The number of nitrogens with zero attached hydrogens (tertiary/aromatic N) is 2. The molecule has 3 rings (SSSR count). The van der Waals surface area contributed by atoms with Gasteiger partial charge in [-0.15, -0.1) is 0 Å². The number of halogens is 1. The first-order valence-corrected chi connectivity index (χ1v) is 9.61. The minimum absolute atomic E-state index is 0.134. The van der Waals surface area contributed by atoms with Crippen molar-refractivity contribution < 1.29 is 14.0 Å². The maximum Gasteiger partial charge on any atom is 0.238 e. The first-order valence-electron chi connectivity index (χ1n) is 9.61. The fourth-order valence-corrected chi connectivity index (χ4v) is 3.26. The molecule has 0 aromatic heterocycles. The van der Waals surface area contributed by atoms with Gasteiger partial charge in [-0.25, -0.2) is 4.39 Å². The van der Waals surface area contributed by atoms with E-state index in [4.69, 9.17) is 0 Å². The Bertz CT molecular complexity index is 798. The number of rotatable bonds is 6. The molecule has 1 aliphatic heterocycles. The van der Waals surface area contributed by atoms with Gasteiger partial charge in [0.1, 0.15) is 5.82 Å². The summed E-state index contributed by atoms with van der Waals surface area (Å²) in [5, 5.41) is 2.76. The van der Waals surface area contributed by atoms with Crippen LogP contribution in [-0.2, 0) is 16.0 Å². The third-order valence-corrected chi connectivity index (χ3v) is 4.97. The lowest BCUT2D eigenvalue weighted by atomic mass is 10.1. The third kappa shape index (κ3) is 5.89. The van der Waals surface area contributed by atoms with E-state index in [1.165, 1.54) is 35.4 Å². The molecule has 1 heterocycles. The SMILES string of the molecule is Cc1ccc(CCC(=O)N2CCN(CC(=O)Nc3ccc(F)cc3)CC2)cc1. The number of carbonyl (C=O) groups excluding carboxylic acids is 2. The van der Waals surface area contributed by atoms with Crippen molar-refractivity contribution in [2.45, 2.75) is 19.8 Å². The van der Waals surface area contributed by atoms with E-state index in [1.807, 2.05) is 16.7 Å². The van der Waals surface area contributed by atoms with Crippen LogP contribution in [0.2, 0.25) is 0 Å². The highest BCUT2D eigenvalue weighted by molar-refractivity contribution is 5.92. The van der Waals surface area contributed by atoms with Crippen LogP contribution in [0.25, 0.3) is 0 Å². The quantitative estimate of drug-likeness (QED) is 0.835. The van der Waals surface area contributed by atoms with Gasteiger partial charge in [-0.1, -0.05) is 29.8 Å². The maximum atomic E-state index is 12.9. The molecule has 0 spiro atoms. The minimum atomic E-state index is -0.332. The largest absolute Gasteiger partial charge is 0.340 e. The summed E-state index contributed by atoms with van der Waals surface area (Å²) in [5.74, 6) is -0.303. The van der Waals surface area contributed by atoms with E-state index >= 15 is 0 Å². The lowest BCUT2D eigenvalue weighted by molar-refractivity contribution is -0.133. The Balaban J connectivity index is 1.38. The second kappa shape index (κ2) is 9.46. The first-order chi connectivity index (χ1) is 13.5. The van der Waals surface area contributed by atoms with Crippen molar-refractivity contribution in [1.29, 1.82) is 0 Å². The third-order valence-electron chi connectivity index (χ3n) is 4.97. The first kappa shape index (κ1) is 20.0. The lowest BCUT2D eigenvalue weighted by Gasteiger charge is -2.34. The summed E-state index contributed by atoms with van der Waals surface area (Å²) in [6.07, 6.45) is 1.26. The average molecular weight is 383 g/mol. The van der Waals surface area contributed by atoms with Crippen LogP contribution in [0.15, 0.2) is 48.5 Å². The molecule has 6 heteroatoms. The second-order valence-corrected chi connectivity index (χ2v) is 7.20. The molecule has 0 radical (unpaired) electrons. The topological polar surface area (TPSA) is 52.7 Å². The van der Waals surface area contributed by atoms with E-state index in [-0.39, 0.29) is 24.2 Å². The van der Waals surface area contributed by atoms with E-state index in [2.05, 4.69) is 29.6 Å². The van der Waals surface area contributed by atoms with Gasteiger partial charge in [0.2, 0.25) is 11.8 Å². The Morgan fingerprint density at radius 2 is 1.61 bits per heavy atom. The number of benzene rings is 2. The number of carbonyl (C=O) groups is 2. The number of hydrogen-bond acceptors (Lipinski definition) is 3. The van der Waals surface area contributed by atoms with Gasteiger partial charge in [0, 0.05) is 38.3 Å². The molecule has 0 saturated carbocycles. The molecule has 0 aliphatic carbocycles. The molecular formula is C22H26FN3O2. The maximum absolute atomic E-state index is 12.9. The molecule has 0 unspecified atom stereocenters. The van der Waals surface area contributed by atoms with Crippen LogP contribution in [0, 0.1) is 12.7 Å². The minimum Gasteiger partial charge on any atom is -0.340 e. The van der Waals surface area contributed by atoms with E-state index in [0.29, 0.717) is 38.3 Å². The fraction of sp³-hybridized carbons (Fsp3) is 0.364. The molecule has 2 aromatic rings. The lowest BCUT2D eigenvalue weighted by Crippen LogP contribution is -2.50. The molecular weight excluding hydrogens is 357 g/mol. The van der Waals surface area contributed by atoms with Gasteiger partial charge in [-0.2, -0.15) is 0 Å². The smallest absolute Gasteiger partial charge is 0.238 e. The van der Waals surface area contributed by atoms with E-state index < -0.39 is 0 Å². The second-order valence-electron chi connectivity index (χ2n) is 7.20. The van der Waals surface area contributed by atoms with Crippen LogP contribution < -0.4 is 5.32 Å². The zero-order chi connectivity index (χ0) is 19.9. The summed E-state index contributed by atoms with van der Waals surface area (Å²) >= 11 is 0. The molecule has 28 heavy (non-hydrogen) atoms. The zero-order valence-electron chi connectivity index (χ0n) is 16.2. The van der Waals surface area contributed by atoms with Crippen molar-refractivity contribution >= 4 is 17.5 Å². The standard InChI is InChI=1S/C22H26FN3O2/c1-17-2-4-18(5-3-17)6-11-22(28)26-14-12-25(13-15-26)16-21(27)24-20-9-7-19(23)8-10-20/h2-5,7-10H,6,11-16H2,1H3,(H,24,27). The Morgan fingerprint density at radius 1 is 0.964 bits per heavy atom. The zero-order valence-corrected chi connectivity index (χ0v) is 16.2. The van der Waals surface area contributed by atoms with Crippen LogP contribution in [0.3, 0.4) is 0 Å². The number of piperazine rings is 1. The predicted octanol–water partition coefficient (Wildman–Crippen LogP) is 2.85. The van der Waals surface area contributed by atoms with Crippen LogP contribution in [0.5, 0.6) is 0 Å². The van der Waals surface area contributed by atoms with E-state index in [1.54, 1.807) is 0 Å². The molecule has 0 atom stereocenters. The van der Waals surface area contributed by atoms with Crippen molar-refractivity contribution in [2.75, 3.05) is 38.0 Å². The van der Waals surface area contributed by atoms with Crippen molar-refractivity contribution in [3.63, 3.8) is 0 Å². The van der Waals surface area contributed by atoms with Gasteiger partial charge < -0.3 is 10.2 Å². The molecule has 1 aliphatic rings. The predicted molar refractivity (Wildman–Crippen MR) is 108 cm³/mol. The normalized spacial score (nSPS) is 14.7. The highest BCUT2D eigenvalue weighted by atomic mass is 19.1. The van der Waals surface area contributed by atoms with Crippen molar-refractivity contribution in [3.05, 3.63) is 65.5 Å². The number of anilines is 1. The fourth-order valence-electron chi connectivity index (χ4n) is 3.26. The number of hydrogen-bond donors (Lipinski definition) is 1. The molecule has 1 saturated heterocycles. The average Bonchev–Trinajstić information content (AvgIpc) is 2.69. The summed E-state index contributed by atoms with van der Waals surface area (Å²) in [4.78, 5) is 28.5. The van der Waals surface area contributed by atoms with Gasteiger partial charge in [0.15, 0.2) is 0 Å². The monoisotopic (exact) mass is 383 g/mol. The van der Waals surface area contributed by atoms with Gasteiger partial charge in [0.25, 0.3) is 0 Å². The Labute approximate surface area is 165 Å². The summed E-state index contributed by atoms with van der Waals surface area (Å²) in [7, 11) is 0. The van der Waals surface area contributed by atoms with Crippen molar-refractivity contribution in [3.8, 4) is 0 Å². The number of aryl methyl sites for hydroxylation is 2. The van der Waals surface area contributed by atoms with Gasteiger partial charge >= 0.3 is 0 Å². The molecule has 2 amide bonds. The van der Waals surface area contributed by atoms with Crippen LogP contribution >= 0.6 is 0 Å². The van der Waals surface area contributed by atoms with Crippen LogP contribution in [0.4, 0.5) is 10.1 Å². The Hall–Kier alpha value is -2.73. The van der Waals surface area contributed by atoms with Gasteiger partial charge in [-0.3, -0.25) is 14.5 Å². The molecule has 1 N–H and O–H groups in total. The molecule has 148 valence electrons. The van der Waals surface area contributed by atoms with Crippen LogP contribution in [0.1, 0.15) is 17.5 Å². The van der Waals surface area contributed by atoms with E-state index in [9.17, 15) is 14.0 Å². The van der Waals surface area contributed by atoms with E-state index in [0.717, 1.165) is 6.42 Å². The molecule has 5 nitrogen and oxygen atoms in total. The Morgan fingerprint density at radius 3 is 2.25 bits per heavy atom. The van der Waals surface area contributed by atoms with Gasteiger partial charge in [-0.05, 0) is 43.2 Å². The summed E-state index contributed by atoms with van der Waals surface area (Å²) < 4.78 is 12.9. The number of amides is 2. The molecule has 1 fully saturated rings. The van der Waals surface area contributed by atoms with Crippen molar-refractivity contribution in [1.82, 2.24) is 9.80 Å². The van der Waals surface area contributed by atoms with Gasteiger partial charge in [0.05, 0.1) is 6.54 Å². The summed E-state index contributed by atoms with van der Waals surface area (Å²) in [6, 6.07) is 14.0. The number of nitrogens with one attached hydrogen (secondary N) is 1. The van der Waals surface area contributed by atoms with Crippen molar-refractivity contribution in [2.24, 2.45) is 0 Å². The summed E-state index contributed by atoms with van der Waals surface area (Å²) in [5.41, 5.74) is 2.97. The molecule has 0 bridgehead atoms. The Kier molecular flexibility index (Phi) is 6.76. The highest BCUT2D eigenvalue weighted by Crippen LogP contribution is 2.11. The van der Waals surface area contributed by atoms with Crippen LogP contribution in [-0.4, -0.2) is 54.3 Å².